The standard InChI is InChI=1S/C30H31BN4O4/c1-29(2)30(3,4)39-31(38-29)20(13-19-14-26-27(32-15-19)17-34-35-26)16-33-28(36)37-18-25-23-11-7-5-9-21(23)22-10-6-8-12-24(22)25/h5-15,17,25H,16,18H2,1-4H3,(H,33,36)(H,34,35). The second-order valence-corrected chi connectivity index (χ2v) is 11.1. The molecule has 0 radical (unpaired) electrons. The molecule has 3 heterocycles. The van der Waals surface area contributed by atoms with Crippen molar-refractivity contribution >= 4 is 30.3 Å². The first-order valence-electron chi connectivity index (χ1n) is 13.2. The van der Waals surface area contributed by atoms with E-state index in [-0.39, 0.29) is 19.1 Å². The first kappa shape index (κ1) is 25.3. The summed E-state index contributed by atoms with van der Waals surface area (Å²) in [6.45, 7) is 8.44. The van der Waals surface area contributed by atoms with Crippen molar-refractivity contribution in [2.24, 2.45) is 0 Å². The number of ether oxygens (including phenoxy) is 1. The van der Waals surface area contributed by atoms with Crippen LogP contribution in [-0.4, -0.2) is 52.7 Å². The summed E-state index contributed by atoms with van der Waals surface area (Å²) in [5.74, 6) is -0.00605. The molecule has 9 heteroatoms. The van der Waals surface area contributed by atoms with Gasteiger partial charge in [0, 0.05) is 18.7 Å². The summed E-state index contributed by atoms with van der Waals surface area (Å²) in [6, 6.07) is 18.5. The van der Waals surface area contributed by atoms with Crippen LogP contribution in [0.2, 0.25) is 0 Å². The molecule has 6 rings (SSSR count). The maximum absolute atomic E-state index is 12.9. The van der Waals surface area contributed by atoms with Crippen molar-refractivity contribution in [3.05, 3.63) is 89.2 Å². The quantitative estimate of drug-likeness (QED) is 0.324. The number of carbonyl (C=O) groups is 1. The van der Waals surface area contributed by atoms with Crippen LogP contribution in [0.15, 0.2) is 72.5 Å². The lowest BCUT2D eigenvalue weighted by molar-refractivity contribution is 0.00578. The number of carbonyl (C=O) groups excluding carboxylic acids is 1. The first-order valence-corrected chi connectivity index (χ1v) is 13.2. The predicted octanol–water partition coefficient (Wildman–Crippen LogP) is 5.51. The van der Waals surface area contributed by atoms with Gasteiger partial charge < -0.3 is 19.4 Å². The van der Waals surface area contributed by atoms with Gasteiger partial charge in [-0.1, -0.05) is 54.6 Å². The van der Waals surface area contributed by atoms with E-state index in [1.54, 1.807) is 12.4 Å². The molecule has 39 heavy (non-hydrogen) atoms. The van der Waals surface area contributed by atoms with E-state index in [0.717, 1.165) is 22.1 Å². The summed E-state index contributed by atoms with van der Waals surface area (Å²) < 4.78 is 18.3. The Morgan fingerprint density at radius 1 is 1.03 bits per heavy atom. The molecule has 2 aromatic carbocycles. The zero-order valence-electron chi connectivity index (χ0n) is 22.5. The minimum atomic E-state index is -0.638. The van der Waals surface area contributed by atoms with Crippen molar-refractivity contribution < 1.29 is 18.8 Å². The van der Waals surface area contributed by atoms with Gasteiger partial charge >= 0.3 is 13.2 Å². The number of rotatable bonds is 6. The van der Waals surface area contributed by atoms with Gasteiger partial charge in [0.2, 0.25) is 0 Å². The Balaban J connectivity index is 1.18. The van der Waals surface area contributed by atoms with Crippen molar-refractivity contribution in [2.75, 3.05) is 13.2 Å². The Hall–Kier alpha value is -3.95. The molecule has 4 aromatic rings. The van der Waals surface area contributed by atoms with Crippen molar-refractivity contribution in [1.29, 1.82) is 0 Å². The molecule has 1 saturated heterocycles. The summed E-state index contributed by atoms with van der Waals surface area (Å²) in [4.78, 5) is 17.4. The highest BCUT2D eigenvalue weighted by Crippen LogP contribution is 2.44. The average molecular weight is 522 g/mol. The van der Waals surface area contributed by atoms with Gasteiger partial charge in [-0.2, -0.15) is 5.10 Å². The molecule has 1 amide bonds. The Labute approximate surface area is 227 Å². The third kappa shape index (κ3) is 4.73. The largest absolute Gasteiger partial charge is 0.492 e. The highest BCUT2D eigenvalue weighted by molar-refractivity contribution is 6.56. The minimum Gasteiger partial charge on any atom is -0.449 e. The van der Waals surface area contributed by atoms with E-state index in [2.05, 4.69) is 44.8 Å². The van der Waals surface area contributed by atoms with E-state index in [4.69, 9.17) is 14.0 Å². The Kier molecular flexibility index (Phi) is 6.28. The summed E-state index contributed by atoms with van der Waals surface area (Å²) in [7, 11) is -0.638. The topological polar surface area (TPSA) is 98.4 Å². The number of nitrogens with one attached hydrogen (secondary N) is 2. The zero-order valence-corrected chi connectivity index (χ0v) is 22.5. The monoisotopic (exact) mass is 522 g/mol. The Morgan fingerprint density at radius 3 is 2.33 bits per heavy atom. The maximum Gasteiger partial charge on any atom is 0.492 e. The molecule has 198 valence electrons. The van der Waals surface area contributed by atoms with E-state index >= 15 is 0 Å². The van der Waals surface area contributed by atoms with Crippen LogP contribution in [0.3, 0.4) is 0 Å². The molecule has 8 nitrogen and oxygen atoms in total. The van der Waals surface area contributed by atoms with Crippen molar-refractivity contribution in [2.45, 2.75) is 44.8 Å². The van der Waals surface area contributed by atoms with Crippen molar-refractivity contribution in [3.8, 4) is 11.1 Å². The highest BCUT2D eigenvalue weighted by atomic mass is 16.7. The number of alkyl carbamates (subject to hydrolysis) is 1. The minimum absolute atomic E-state index is 0.00605. The van der Waals surface area contributed by atoms with Crippen LogP contribution in [0, 0.1) is 0 Å². The fourth-order valence-corrected chi connectivity index (χ4v) is 5.16. The van der Waals surface area contributed by atoms with Crippen LogP contribution < -0.4 is 5.32 Å². The fourth-order valence-electron chi connectivity index (χ4n) is 5.16. The van der Waals surface area contributed by atoms with Crippen molar-refractivity contribution in [3.63, 3.8) is 0 Å². The van der Waals surface area contributed by atoms with Gasteiger partial charge in [0.1, 0.15) is 12.1 Å². The van der Waals surface area contributed by atoms with Crippen LogP contribution in [0.25, 0.3) is 28.2 Å². The lowest BCUT2D eigenvalue weighted by Gasteiger charge is -2.32. The molecule has 2 aromatic heterocycles. The normalized spacial score (nSPS) is 17.7. The number of hydrogen-bond donors (Lipinski definition) is 2. The first-order chi connectivity index (χ1) is 18.7. The van der Waals surface area contributed by atoms with Gasteiger partial charge in [0.05, 0.1) is 22.9 Å². The molecular weight excluding hydrogens is 491 g/mol. The number of hydrogen-bond acceptors (Lipinski definition) is 6. The molecule has 1 fully saturated rings. The van der Waals surface area contributed by atoms with E-state index in [1.165, 1.54) is 22.3 Å². The number of aromatic nitrogens is 3. The molecule has 1 aliphatic heterocycles. The van der Waals surface area contributed by atoms with Crippen LogP contribution in [0.4, 0.5) is 4.79 Å². The Morgan fingerprint density at radius 2 is 1.67 bits per heavy atom. The van der Waals surface area contributed by atoms with Gasteiger partial charge in [0.25, 0.3) is 0 Å². The summed E-state index contributed by atoms with van der Waals surface area (Å²) in [6.07, 6.45) is 4.87. The fraction of sp³-hybridized carbons (Fsp3) is 0.300. The molecular formula is C30H31BN4O4. The molecule has 0 spiro atoms. The zero-order chi connectivity index (χ0) is 27.2. The second-order valence-electron chi connectivity index (χ2n) is 11.1. The number of benzene rings is 2. The highest BCUT2D eigenvalue weighted by Gasteiger charge is 2.52. The lowest BCUT2D eigenvalue weighted by Crippen LogP contribution is -2.41. The SMILES string of the molecule is CC1(C)OB(C(=Cc2cnc3cn[nH]c3c2)CNC(=O)OCC2c3ccccc3-c3ccccc32)OC1(C)C. The number of nitrogens with zero attached hydrogens (tertiary/aromatic N) is 2. The van der Waals surface area contributed by atoms with Gasteiger partial charge in [0.15, 0.2) is 0 Å². The summed E-state index contributed by atoms with van der Waals surface area (Å²) in [5, 5.41) is 9.90. The molecule has 0 saturated carbocycles. The molecule has 0 unspecified atom stereocenters. The smallest absolute Gasteiger partial charge is 0.449 e. The third-order valence-corrected chi connectivity index (χ3v) is 8.00. The predicted molar refractivity (Wildman–Crippen MR) is 151 cm³/mol. The van der Waals surface area contributed by atoms with E-state index in [1.807, 2.05) is 64.1 Å². The molecule has 0 atom stereocenters. The average Bonchev–Trinajstić information content (AvgIpc) is 3.57. The van der Waals surface area contributed by atoms with E-state index in [0.29, 0.717) is 0 Å². The number of pyridine rings is 1. The second kappa shape index (κ2) is 9.66. The molecule has 2 aliphatic rings. The molecule has 0 bridgehead atoms. The van der Waals surface area contributed by atoms with Gasteiger partial charge in [-0.3, -0.25) is 10.1 Å². The van der Waals surface area contributed by atoms with Crippen molar-refractivity contribution in [1.82, 2.24) is 20.5 Å². The van der Waals surface area contributed by atoms with Crippen LogP contribution in [0.5, 0.6) is 0 Å². The summed E-state index contributed by atoms with van der Waals surface area (Å²) >= 11 is 0. The lowest BCUT2D eigenvalue weighted by atomic mass is 9.77. The number of fused-ring (bicyclic) bond motifs is 4. The van der Waals surface area contributed by atoms with E-state index < -0.39 is 24.4 Å². The third-order valence-electron chi connectivity index (χ3n) is 8.00. The number of aromatic amines is 1. The van der Waals surface area contributed by atoms with E-state index in [9.17, 15) is 4.79 Å². The van der Waals surface area contributed by atoms with Gasteiger partial charge in [-0.15, -0.1) is 0 Å². The van der Waals surface area contributed by atoms with Crippen LogP contribution in [0.1, 0.15) is 50.3 Å². The van der Waals surface area contributed by atoms with Gasteiger partial charge in [-0.05, 0) is 67.1 Å². The van der Waals surface area contributed by atoms with Crippen LogP contribution >= 0.6 is 0 Å². The maximum atomic E-state index is 12.9. The Bertz CT molecular complexity index is 1520. The summed E-state index contributed by atoms with van der Waals surface area (Å²) in [5.41, 5.74) is 6.87. The number of H-pyrrole nitrogens is 1. The number of amides is 1. The molecule has 2 N–H and O–H groups in total. The van der Waals surface area contributed by atoms with Gasteiger partial charge in [-0.25, -0.2) is 4.79 Å². The molecule has 1 aliphatic carbocycles. The van der Waals surface area contributed by atoms with Crippen LogP contribution in [-0.2, 0) is 14.0 Å².